The molecule has 32 heavy (non-hydrogen) atoms. The second-order valence-electron chi connectivity index (χ2n) is 6.89. The number of nitrogens with one attached hydrogen (secondary N) is 2. The van der Waals surface area contributed by atoms with E-state index in [1.54, 1.807) is 50.4 Å². The molecule has 0 saturated heterocycles. The molecule has 3 N–H and O–H groups in total. The lowest BCUT2D eigenvalue weighted by Crippen LogP contribution is -2.31. The van der Waals surface area contributed by atoms with Crippen LogP contribution in [0.3, 0.4) is 0 Å². The number of rotatable bonds is 8. The summed E-state index contributed by atoms with van der Waals surface area (Å²) < 4.78 is 10.5. The zero-order valence-corrected chi connectivity index (χ0v) is 18.5. The number of hydrogen-bond acceptors (Lipinski definition) is 7. The lowest BCUT2D eigenvalue weighted by atomic mass is 9.87. The number of aromatic hydroxyl groups is 1. The molecule has 0 bridgehead atoms. The second kappa shape index (κ2) is 10.6. The van der Waals surface area contributed by atoms with Gasteiger partial charge in [-0.05, 0) is 48.9 Å². The molecule has 1 atom stereocenters. The van der Waals surface area contributed by atoms with Crippen molar-refractivity contribution in [3.63, 3.8) is 0 Å². The zero-order valence-electron chi connectivity index (χ0n) is 17.7. The molecule has 0 radical (unpaired) electrons. The first kappa shape index (κ1) is 23.0. The summed E-state index contributed by atoms with van der Waals surface area (Å²) in [7, 11) is 1.56. The minimum Gasteiger partial charge on any atom is -0.504 e. The number of nitriles is 1. The van der Waals surface area contributed by atoms with Crippen LogP contribution in [0.4, 0.5) is 5.69 Å². The summed E-state index contributed by atoms with van der Waals surface area (Å²) in [6.45, 7) is 2.17. The van der Waals surface area contributed by atoms with Crippen LogP contribution in [0.5, 0.6) is 17.2 Å². The number of carbonyl (C=O) groups is 2. The van der Waals surface area contributed by atoms with E-state index in [1.165, 1.54) is 6.07 Å². The Morgan fingerprint density at radius 2 is 2.06 bits per heavy atom. The number of carbonyl (C=O) groups excluding carboxylic acids is 2. The van der Waals surface area contributed by atoms with Gasteiger partial charge < -0.3 is 25.2 Å². The first-order valence-corrected chi connectivity index (χ1v) is 10.9. The number of anilines is 1. The highest BCUT2D eigenvalue weighted by Crippen LogP contribution is 2.39. The van der Waals surface area contributed by atoms with E-state index in [2.05, 4.69) is 16.7 Å². The van der Waals surface area contributed by atoms with Gasteiger partial charge in [0, 0.05) is 18.0 Å². The quantitative estimate of drug-likeness (QED) is 0.559. The summed E-state index contributed by atoms with van der Waals surface area (Å²) in [5.41, 5.74) is 1.66. The fraction of sp³-hybridized carbons (Fsp3) is 0.261. The predicted molar refractivity (Wildman–Crippen MR) is 121 cm³/mol. The van der Waals surface area contributed by atoms with Crippen LogP contribution in [0.1, 0.15) is 24.8 Å². The summed E-state index contributed by atoms with van der Waals surface area (Å²) >= 11 is 1.09. The molecular formula is C23H23N3O5S. The van der Waals surface area contributed by atoms with Crippen molar-refractivity contribution < 1.29 is 24.2 Å². The maximum atomic E-state index is 12.4. The molecule has 1 heterocycles. The van der Waals surface area contributed by atoms with Crippen molar-refractivity contribution in [3.8, 4) is 23.3 Å². The molecule has 8 nitrogen and oxygen atoms in total. The van der Waals surface area contributed by atoms with E-state index in [1.807, 2.05) is 0 Å². The number of phenolic OH excluding ortho intramolecular Hbond substituents is 1. The molecule has 0 aromatic heterocycles. The summed E-state index contributed by atoms with van der Waals surface area (Å²) in [5.74, 6) is -0.0500. The van der Waals surface area contributed by atoms with Gasteiger partial charge in [0.05, 0.1) is 36.1 Å². The molecule has 0 unspecified atom stereocenters. The Kier molecular flexibility index (Phi) is 7.63. The Bertz CT molecular complexity index is 1080. The van der Waals surface area contributed by atoms with Crippen LogP contribution in [0.25, 0.3) is 0 Å². The minimum absolute atomic E-state index is 0.0110. The number of ether oxygens (including phenoxy) is 2. The molecule has 0 aliphatic carbocycles. The SMILES string of the molecule is CCOc1cc([C@@H]2CC(=O)NC(SCC(=O)Nc3ccc(OC)cc3)=C2C#N)ccc1O. The van der Waals surface area contributed by atoms with Gasteiger partial charge in [-0.3, -0.25) is 9.59 Å². The van der Waals surface area contributed by atoms with Gasteiger partial charge in [-0.25, -0.2) is 0 Å². The van der Waals surface area contributed by atoms with Gasteiger partial charge in [0.15, 0.2) is 11.5 Å². The first-order chi connectivity index (χ1) is 15.4. The molecule has 166 valence electrons. The smallest absolute Gasteiger partial charge is 0.234 e. The minimum atomic E-state index is -0.499. The van der Waals surface area contributed by atoms with E-state index in [9.17, 15) is 20.0 Å². The molecule has 3 rings (SSSR count). The molecule has 2 aromatic carbocycles. The molecule has 2 aromatic rings. The van der Waals surface area contributed by atoms with Crippen molar-refractivity contribution >= 4 is 29.3 Å². The third-order valence-electron chi connectivity index (χ3n) is 4.76. The molecule has 0 fully saturated rings. The van der Waals surface area contributed by atoms with Crippen LogP contribution in [-0.2, 0) is 9.59 Å². The molecular weight excluding hydrogens is 430 g/mol. The zero-order chi connectivity index (χ0) is 23.1. The van der Waals surface area contributed by atoms with Gasteiger partial charge in [-0.1, -0.05) is 17.8 Å². The van der Waals surface area contributed by atoms with Crippen molar-refractivity contribution in [2.24, 2.45) is 0 Å². The van der Waals surface area contributed by atoms with Gasteiger partial charge in [0.1, 0.15) is 5.75 Å². The fourth-order valence-corrected chi connectivity index (χ4v) is 4.12. The Hall–Kier alpha value is -3.64. The number of amides is 2. The van der Waals surface area contributed by atoms with Crippen LogP contribution >= 0.6 is 11.8 Å². The summed E-state index contributed by atoms with van der Waals surface area (Å²) in [5, 5.41) is 25.6. The van der Waals surface area contributed by atoms with Crippen molar-refractivity contribution in [1.29, 1.82) is 5.26 Å². The molecule has 2 amide bonds. The van der Waals surface area contributed by atoms with Crippen LogP contribution in [0.2, 0.25) is 0 Å². The Morgan fingerprint density at radius 1 is 1.31 bits per heavy atom. The number of benzene rings is 2. The van der Waals surface area contributed by atoms with Crippen molar-refractivity contribution in [3.05, 3.63) is 58.6 Å². The maximum absolute atomic E-state index is 12.4. The Balaban J connectivity index is 1.76. The van der Waals surface area contributed by atoms with E-state index in [4.69, 9.17) is 9.47 Å². The van der Waals surface area contributed by atoms with Gasteiger partial charge in [-0.15, -0.1) is 0 Å². The van der Waals surface area contributed by atoms with E-state index < -0.39 is 5.92 Å². The van der Waals surface area contributed by atoms with Crippen LogP contribution in [0.15, 0.2) is 53.1 Å². The molecule has 0 spiro atoms. The van der Waals surface area contributed by atoms with Gasteiger partial charge in [0.25, 0.3) is 0 Å². The van der Waals surface area contributed by atoms with E-state index in [0.29, 0.717) is 40.0 Å². The van der Waals surface area contributed by atoms with Gasteiger partial charge >= 0.3 is 0 Å². The van der Waals surface area contributed by atoms with E-state index >= 15 is 0 Å². The number of methoxy groups -OCH3 is 1. The monoisotopic (exact) mass is 453 g/mol. The summed E-state index contributed by atoms with van der Waals surface area (Å²) in [6.07, 6.45) is 0.0847. The molecule has 9 heteroatoms. The summed E-state index contributed by atoms with van der Waals surface area (Å²) in [4.78, 5) is 24.7. The lowest BCUT2D eigenvalue weighted by molar-refractivity contribution is -0.121. The maximum Gasteiger partial charge on any atom is 0.234 e. The number of allylic oxidation sites excluding steroid dienone is 1. The number of thioether (sulfide) groups is 1. The summed E-state index contributed by atoms with van der Waals surface area (Å²) in [6, 6.07) is 13.9. The average molecular weight is 454 g/mol. The number of hydrogen-bond donors (Lipinski definition) is 3. The van der Waals surface area contributed by atoms with Crippen molar-refractivity contribution in [1.82, 2.24) is 5.32 Å². The first-order valence-electron chi connectivity index (χ1n) is 9.91. The van der Waals surface area contributed by atoms with Gasteiger partial charge in [-0.2, -0.15) is 5.26 Å². The highest BCUT2D eigenvalue weighted by Gasteiger charge is 2.30. The number of phenols is 1. The highest BCUT2D eigenvalue weighted by atomic mass is 32.2. The lowest BCUT2D eigenvalue weighted by Gasteiger charge is -2.25. The topological polar surface area (TPSA) is 121 Å². The third-order valence-corrected chi connectivity index (χ3v) is 5.78. The van der Waals surface area contributed by atoms with Gasteiger partial charge in [0.2, 0.25) is 11.8 Å². The van der Waals surface area contributed by atoms with E-state index in [0.717, 1.165) is 11.8 Å². The average Bonchev–Trinajstić information content (AvgIpc) is 2.79. The van der Waals surface area contributed by atoms with Crippen LogP contribution in [0, 0.1) is 11.3 Å². The standard InChI is InChI=1S/C23H23N3O5S/c1-3-31-20-10-14(4-9-19(20)27)17-11-21(28)26-23(18(17)12-24)32-13-22(29)25-15-5-7-16(30-2)8-6-15/h4-10,17,27H,3,11,13H2,1-2H3,(H,25,29)(H,26,28)/t17-/m0/s1. The fourth-order valence-electron chi connectivity index (χ4n) is 3.25. The molecule has 0 saturated carbocycles. The predicted octanol–water partition coefficient (Wildman–Crippen LogP) is 3.51. The van der Waals surface area contributed by atoms with Crippen LogP contribution < -0.4 is 20.1 Å². The number of nitrogens with zero attached hydrogens (tertiary/aromatic N) is 1. The van der Waals surface area contributed by atoms with Crippen molar-refractivity contribution in [2.45, 2.75) is 19.3 Å². The van der Waals surface area contributed by atoms with Crippen molar-refractivity contribution in [2.75, 3.05) is 24.8 Å². The molecule has 1 aliphatic heterocycles. The highest BCUT2D eigenvalue weighted by molar-refractivity contribution is 8.03. The third kappa shape index (κ3) is 5.53. The largest absolute Gasteiger partial charge is 0.504 e. The van der Waals surface area contributed by atoms with Crippen LogP contribution in [-0.4, -0.2) is 36.4 Å². The normalized spacial score (nSPS) is 15.5. The Morgan fingerprint density at radius 3 is 2.72 bits per heavy atom. The Labute approximate surface area is 190 Å². The van der Waals surface area contributed by atoms with E-state index in [-0.39, 0.29) is 29.7 Å². The molecule has 1 aliphatic rings. The second-order valence-corrected chi connectivity index (χ2v) is 7.87.